The van der Waals surface area contributed by atoms with E-state index in [2.05, 4.69) is 5.32 Å². The molecule has 5 heteroatoms. The Morgan fingerprint density at radius 1 is 1.10 bits per heavy atom. The lowest BCUT2D eigenvalue weighted by atomic mass is 10.2. The van der Waals surface area contributed by atoms with Gasteiger partial charge in [0.15, 0.2) is 11.5 Å². The van der Waals surface area contributed by atoms with E-state index >= 15 is 0 Å². The summed E-state index contributed by atoms with van der Waals surface area (Å²) in [4.78, 5) is 0. The SMILES string of the molecule is CC1(C)Oc2ccc(NCc3ccc(Cl)c(F)c3)cc2O1. The van der Waals surface area contributed by atoms with Crippen molar-refractivity contribution in [2.45, 2.75) is 26.2 Å². The molecule has 0 radical (unpaired) electrons. The van der Waals surface area contributed by atoms with Crippen LogP contribution in [-0.2, 0) is 6.54 Å². The summed E-state index contributed by atoms with van der Waals surface area (Å²) in [5.74, 6) is 0.374. The second-order valence-corrected chi connectivity index (χ2v) is 5.77. The van der Waals surface area contributed by atoms with E-state index in [1.54, 1.807) is 12.1 Å². The van der Waals surface area contributed by atoms with Crippen LogP contribution < -0.4 is 14.8 Å². The molecule has 110 valence electrons. The van der Waals surface area contributed by atoms with E-state index < -0.39 is 11.6 Å². The van der Waals surface area contributed by atoms with Gasteiger partial charge in [-0.15, -0.1) is 0 Å². The average molecular weight is 308 g/mol. The van der Waals surface area contributed by atoms with Crippen molar-refractivity contribution in [2.75, 3.05) is 5.32 Å². The van der Waals surface area contributed by atoms with Gasteiger partial charge in [0.05, 0.1) is 5.02 Å². The Labute approximate surface area is 127 Å². The fourth-order valence-electron chi connectivity index (χ4n) is 2.19. The van der Waals surface area contributed by atoms with Crippen molar-refractivity contribution in [2.24, 2.45) is 0 Å². The van der Waals surface area contributed by atoms with Crippen LogP contribution in [0.15, 0.2) is 36.4 Å². The van der Waals surface area contributed by atoms with Gasteiger partial charge in [0.2, 0.25) is 5.79 Å². The third-order valence-electron chi connectivity index (χ3n) is 3.14. The third-order valence-corrected chi connectivity index (χ3v) is 3.44. The fourth-order valence-corrected chi connectivity index (χ4v) is 2.30. The van der Waals surface area contributed by atoms with Gasteiger partial charge in [0, 0.05) is 32.1 Å². The monoisotopic (exact) mass is 307 g/mol. The maximum Gasteiger partial charge on any atom is 0.246 e. The van der Waals surface area contributed by atoms with Crippen LogP contribution in [0.3, 0.4) is 0 Å². The molecule has 0 spiro atoms. The van der Waals surface area contributed by atoms with Crippen molar-refractivity contribution in [1.29, 1.82) is 0 Å². The molecule has 0 amide bonds. The Kier molecular flexibility index (Phi) is 3.41. The lowest BCUT2D eigenvalue weighted by Gasteiger charge is -2.16. The number of fused-ring (bicyclic) bond motifs is 1. The van der Waals surface area contributed by atoms with Crippen molar-refractivity contribution in [3.8, 4) is 11.5 Å². The molecule has 0 saturated carbocycles. The summed E-state index contributed by atoms with van der Waals surface area (Å²) in [6, 6.07) is 10.4. The summed E-state index contributed by atoms with van der Waals surface area (Å²) in [7, 11) is 0. The van der Waals surface area contributed by atoms with Gasteiger partial charge in [-0.1, -0.05) is 17.7 Å². The molecule has 3 rings (SSSR count). The lowest BCUT2D eigenvalue weighted by Crippen LogP contribution is -2.29. The van der Waals surface area contributed by atoms with Gasteiger partial charge in [-0.05, 0) is 29.8 Å². The largest absolute Gasteiger partial charge is 0.449 e. The van der Waals surface area contributed by atoms with Gasteiger partial charge in [-0.2, -0.15) is 0 Å². The minimum Gasteiger partial charge on any atom is -0.449 e. The molecule has 3 nitrogen and oxygen atoms in total. The minimum absolute atomic E-state index is 0.129. The van der Waals surface area contributed by atoms with Crippen LogP contribution in [0.5, 0.6) is 11.5 Å². The molecule has 2 aromatic carbocycles. The van der Waals surface area contributed by atoms with Crippen molar-refractivity contribution in [3.05, 3.63) is 52.8 Å². The van der Waals surface area contributed by atoms with E-state index in [4.69, 9.17) is 21.1 Å². The highest BCUT2D eigenvalue weighted by Crippen LogP contribution is 2.40. The number of halogens is 2. The van der Waals surface area contributed by atoms with Gasteiger partial charge < -0.3 is 14.8 Å². The number of rotatable bonds is 3. The van der Waals surface area contributed by atoms with Crippen LogP contribution in [-0.4, -0.2) is 5.79 Å². The summed E-state index contributed by atoms with van der Waals surface area (Å²) < 4.78 is 24.7. The second kappa shape index (κ2) is 5.11. The number of ether oxygens (including phenoxy) is 2. The van der Waals surface area contributed by atoms with Crippen LogP contribution in [0.2, 0.25) is 5.02 Å². The van der Waals surface area contributed by atoms with Gasteiger partial charge in [-0.25, -0.2) is 4.39 Å². The zero-order chi connectivity index (χ0) is 15.0. The number of nitrogens with one attached hydrogen (secondary N) is 1. The van der Waals surface area contributed by atoms with Crippen molar-refractivity contribution in [3.63, 3.8) is 0 Å². The number of anilines is 1. The standard InChI is InChI=1S/C16H15ClFNO2/c1-16(2)20-14-6-4-11(8-15(14)21-16)19-9-10-3-5-12(17)13(18)7-10/h3-8,19H,9H2,1-2H3. The summed E-state index contributed by atoms with van der Waals surface area (Å²) in [6.07, 6.45) is 0. The first kappa shape index (κ1) is 14.0. The first-order valence-corrected chi connectivity index (χ1v) is 7.01. The molecule has 2 aromatic rings. The van der Waals surface area contributed by atoms with Crippen LogP contribution in [0, 0.1) is 5.82 Å². The van der Waals surface area contributed by atoms with Crippen LogP contribution in [0.25, 0.3) is 0 Å². The molecule has 0 atom stereocenters. The van der Waals surface area contributed by atoms with E-state index in [0.717, 1.165) is 17.0 Å². The molecule has 1 N–H and O–H groups in total. The summed E-state index contributed by atoms with van der Waals surface area (Å²) in [5.41, 5.74) is 1.69. The van der Waals surface area contributed by atoms with Crippen molar-refractivity contribution >= 4 is 17.3 Å². The van der Waals surface area contributed by atoms with Gasteiger partial charge >= 0.3 is 0 Å². The Balaban J connectivity index is 1.71. The van der Waals surface area contributed by atoms with Crippen molar-refractivity contribution < 1.29 is 13.9 Å². The Hall–Kier alpha value is -1.94. The van der Waals surface area contributed by atoms with E-state index in [1.165, 1.54) is 6.07 Å². The highest BCUT2D eigenvalue weighted by atomic mass is 35.5. The van der Waals surface area contributed by atoms with Crippen LogP contribution in [0.4, 0.5) is 10.1 Å². The minimum atomic E-state index is -0.639. The zero-order valence-corrected chi connectivity index (χ0v) is 12.5. The van der Waals surface area contributed by atoms with Crippen LogP contribution in [0.1, 0.15) is 19.4 Å². The van der Waals surface area contributed by atoms with Gasteiger partial charge in [-0.3, -0.25) is 0 Å². The lowest BCUT2D eigenvalue weighted by molar-refractivity contribution is -0.0431. The quantitative estimate of drug-likeness (QED) is 0.899. The molecule has 0 bridgehead atoms. The molecule has 0 aromatic heterocycles. The Morgan fingerprint density at radius 2 is 1.86 bits per heavy atom. The molecular formula is C16H15ClFNO2. The molecule has 1 aliphatic heterocycles. The summed E-state index contributed by atoms with van der Waals surface area (Å²) in [6.45, 7) is 4.21. The molecule has 0 aliphatic carbocycles. The topological polar surface area (TPSA) is 30.5 Å². The molecule has 0 fully saturated rings. The second-order valence-electron chi connectivity index (χ2n) is 5.37. The molecule has 0 saturated heterocycles. The van der Waals surface area contributed by atoms with E-state index in [1.807, 2.05) is 32.0 Å². The van der Waals surface area contributed by atoms with Gasteiger partial charge in [0.25, 0.3) is 0 Å². The fraction of sp³-hybridized carbons (Fsp3) is 0.250. The first-order valence-electron chi connectivity index (χ1n) is 6.63. The van der Waals surface area contributed by atoms with E-state index in [9.17, 15) is 4.39 Å². The average Bonchev–Trinajstić information content (AvgIpc) is 2.73. The zero-order valence-electron chi connectivity index (χ0n) is 11.7. The molecule has 1 heterocycles. The number of benzene rings is 2. The molecular weight excluding hydrogens is 293 g/mol. The summed E-state index contributed by atoms with van der Waals surface area (Å²) in [5, 5.41) is 3.35. The molecule has 1 aliphatic rings. The predicted molar refractivity (Wildman–Crippen MR) is 80.5 cm³/mol. The summed E-state index contributed by atoms with van der Waals surface area (Å²) >= 11 is 5.66. The first-order chi connectivity index (χ1) is 9.93. The highest BCUT2D eigenvalue weighted by Gasteiger charge is 2.31. The van der Waals surface area contributed by atoms with E-state index in [0.29, 0.717) is 12.3 Å². The highest BCUT2D eigenvalue weighted by molar-refractivity contribution is 6.30. The Bertz CT molecular complexity index is 688. The van der Waals surface area contributed by atoms with Crippen LogP contribution >= 0.6 is 11.6 Å². The molecule has 21 heavy (non-hydrogen) atoms. The Morgan fingerprint density at radius 3 is 2.62 bits per heavy atom. The maximum atomic E-state index is 13.4. The number of hydrogen-bond acceptors (Lipinski definition) is 3. The van der Waals surface area contributed by atoms with Crippen molar-refractivity contribution in [1.82, 2.24) is 0 Å². The predicted octanol–water partition coefficient (Wildman–Crippen LogP) is 4.60. The third kappa shape index (κ3) is 3.05. The maximum absolute atomic E-state index is 13.4. The molecule has 0 unspecified atom stereocenters. The van der Waals surface area contributed by atoms with Gasteiger partial charge in [0.1, 0.15) is 5.82 Å². The smallest absolute Gasteiger partial charge is 0.246 e. The normalized spacial score (nSPS) is 15.0. The number of hydrogen-bond donors (Lipinski definition) is 1. The van der Waals surface area contributed by atoms with E-state index in [-0.39, 0.29) is 5.02 Å².